The van der Waals surface area contributed by atoms with Gasteiger partial charge in [-0.05, 0) is 57.0 Å². The average Bonchev–Trinajstić information content (AvgIpc) is 2.97. The summed E-state index contributed by atoms with van der Waals surface area (Å²) in [7, 11) is 0. The second kappa shape index (κ2) is 7.44. The van der Waals surface area contributed by atoms with E-state index in [0.717, 1.165) is 38.0 Å². The molecule has 6 heteroatoms. The molecule has 1 aliphatic carbocycles. The van der Waals surface area contributed by atoms with Gasteiger partial charge in [0.25, 0.3) is 5.91 Å². The van der Waals surface area contributed by atoms with Crippen molar-refractivity contribution < 1.29 is 4.79 Å². The summed E-state index contributed by atoms with van der Waals surface area (Å²) in [5.41, 5.74) is 1.60. The fourth-order valence-corrected chi connectivity index (χ4v) is 4.53. The molecule has 1 aromatic rings. The van der Waals surface area contributed by atoms with Crippen LogP contribution < -0.4 is 10.6 Å². The van der Waals surface area contributed by atoms with Crippen molar-refractivity contribution in [1.82, 2.24) is 25.6 Å². The zero-order valence-electron chi connectivity index (χ0n) is 16.1. The monoisotopic (exact) mass is 347 g/mol. The Labute approximate surface area is 151 Å². The van der Waals surface area contributed by atoms with Gasteiger partial charge in [0.1, 0.15) is 0 Å². The molecule has 2 aliphatic rings. The third-order valence-corrected chi connectivity index (χ3v) is 5.99. The van der Waals surface area contributed by atoms with Gasteiger partial charge >= 0.3 is 0 Å². The minimum absolute atomic E-state index is 0.0566. The molecule has 0 spiro atoms. The number of rotatable bonds is 3. The van der Waals surface area contributed by atoms with Gasteiger partial charge in [-0.2, -0.15) is 0 Å². The molecule has 2 atom stereocenters. The van der Waals surface area contributed by atoms with Crippen molar-refractivity contribution in [2.24, 2.45) is 11.3 Å². The topological polar surface area (TPSA) is 71.8 Å². The molecule has 2 heterocycles. The van der Waals surface area contributed by atoms with Crippen molar-refractivity contribution >= 4 is 5.91 Å². The maximum Gasteiger partial charge on any atom is 0.273 e. The first-order valence-electron chi connectivity index (χ1n) is 9.81. The van der Waals surface area contributed by atoms with Crippen LogP contribution in [0, 0.1) is 18.3 Å². The Hall–Kier alpha value is -1.43. The van der Waals surface area contributed by atoms with E-state index in [0.29, 0.717) is 17.7 Å². The Morgan fingerprint density at radius 3 is 2.52 bits per heavy atom. The molecule has 2 N–H and O–H groups in total. The van der Waals surface area contributed by atoms with Crippen LogP contribution in [-0.4, -0.2) is 40.0 Å². The van der Waals surface area contributed by atoms with E-state index in [9.17, 15) is 4.79 Å². The van der Waals surface area contributed by atoms with Gasteiger partial charge in [-0.3, -0.25) is 4.79 Å². The smallest absolute Gasteiger partial charge is 0.273 e. The van der Waals surface area contributed by atoms with Gasteiger partial charge in [0.15, 0.2) is 5.69 Å². The lowest BCUT2D eigenvalue weighted by Crippen LogP contribution is -2.46. The third kappa shape index (κ3) is 4.05. The normalized spacial score (nSPS) is 25.8. The summed E-state index contributed by atoms with van der Waals surface area (Å²) < 4.78 is 1.96. The van der Waals surface area contributed by atoms with Crippen LogP contribution in [0.2, 0.25) is 0 Å². The molecule has 6 nitrogen and oxygen atoms in total. The lowest BCUT2D eigenvalue weighted by Gasteiger charge is -2.40. The van der Waals surface area contributed by atoms with Gasteiger partial charge in [-0.25, -0.2) is 4.68 Å². The van der Waals surface area contributed by atoms with Crippen LogP contribution in [0.5, 0.6) is 0 Å². The predicted molar refractivity (Wildman–Crippen MR) is 98.6 cm³/mol. The number of carbonyl (C=O) groups is 1. The first kappa shape index (κ1) is 18.4. The highest BCUT2D eigenvalue weighted by Gasteiger charge is 2.35. The van der Waals surface area contributed by atoms with Gasteiger partial charge in [-0.1, -0.05) is 38.8 Å². The van der Waals surface area contributed by atoms with Crippen LogP contribution in [0.4, 0.5) is 0 Å². The molecule has 1 saturated heterocycles. The number of nitrogens with one attached hydrogen (secondary N) is 2. The van der Waals surface area contributed by atoms with Crippen LogP contribution in [0.25, 0.3) is 0 Å². The van der Waals surface area contributed by atoms with Gasteiger partial charge in [0, 0.05) is 6.04 Å². The first-order chi connectivity index (χ1) is 11.9. The summed E-state index contributed by atoms with van der Waals surface area (Å²) >= 11 is 0. The van der Waals surface area contributed by atoms with E-state index in [1.165, 1.54) is 19.3 Å². The van der Waals surface area contributed by atoms with E-state index in [1.54, 1.807) is 0 Å². The fraction of sp³-hybridized carbons (Fsp3) is 0.842. The fourth-order valence-electron chi connectivity index (χ4n) is 4.53. The number of amides is 1. The highest BCUT2D eigenvalue weighted by molar-refractivity contribution is 5.93. The number of piperidine rings is 1. The van der Waals surface area contributed by atoms with Crippen LogP contribution in [0.3, 0.4) is 0 Å². The minimum Gasteiger partial charge on any atom is -0.348 e. The SMILES string of the molecule is Cc1c(C(=O)NC2CCCCC2C(C)(C)C)nnn1C1CCNCC1. The molecule has 1 aliphatic heterocycles. The van der Waals surface area contributed by atoms with E-state index in [2.05, 4.69) is 41.7 Å². The molecule has 1 amide bonds. The molecule has 140 valence electrons. The zero-order valence-corrected chi connectivity index (χ0v) is 16.1. The third-order valence-electron chi connectivity index (χ3n) is 5.99. The van der Waals surface area contributed by atoms with Crippen molar-refractivity contribution in [1.29, 1.82) is 0 Å². The van der Waals surface area contributed by atoms with Crippen molar-refractivity contribution in [3.8, 4) is 0 Å². The molecule has 0 radical (unpaired) electrons. The lowest BCUT2D eigenvalue weighted by atomic mass is 9.69. The quantitative estimate of drug-likeness (QED) is 0.882. The van der Waals surface area contributed by atoms with Crippen LogP contribution >= 0.6 is 0 Å². The summed E-state index contributed by atoms with van der Waals surface area (Å²) in [6, 6.07) is 0.594. The lowest BCUT2D eigenvalue weighted by molar-refractivity contribution is 0.0824. The van der Waals surface area contributed by atoms with Crippen LogP contribution in [0.1, 0.15) is 81.5 Å². The number of nitrogens with zero attached hydrogens (tertiary/aromatic N) is 3. The van der Waals surface area contributed by atoms with Gasteiger partial charge in [-0.15, -0.1) is 5.10 Å². The second-order valence-electron chi connectivity index (χ2n) is 8.79. The number of hydrogen-bond donors (Lipinski definition) is 2. The Kier molecular flexibility index (Phi) is 5.46. The Bertz CT molecular complexity index is 597. The molecule has 25 heavy (non-hydrogen) atoms. The summed E-state index contributed by atoms with van der Waals surface area (Å²) in [4.78, 5) is 12.9. The van der Waals surface area contributed by atoms with Crippen molar-refractivity contribution in [3.63, 3.8) is 0 Å². The zero-order chi connectivity index (χ0) is 18.0. The molecule has 1 aromatic heterocycles. The number of carbonyl (C=O) groups excluding carboxylic acids is 1. The highest BCUT2D eigenvalue weighted by Crippen LogP contribution is 2.38. The molecular weight excluding hydrogens is 314 g/mol. The summed E-state index contributed by atoms with van der Waals surface area (Å²) in [5.74, 6) is 0.462. The van der Waals surface area contributed by atoms with E-state index >= 15 is 0 Å². The van der Waals surface area contributed by atoms with E-state index in [1.807, 2.05) is 11.6 Å². The summed E-state index contributed by atoms with van der Waals surface area (Å²) in [5, 5.41) is 15.2. The van der Waals surface area contributed by atoms with Crippen molar-refractivity contribution in [2.45, 2.75) is 78.3 Å². The number of aromatic nitrogens is 3. The van der Waals surface area contributed by atoms with Crippen molar-refractivity contribution in [2.75, 3.05) is 13.1 Å². The van der Waals surface area contributed by atoms with Crippen LogP contribution in [-0.2, 0) is 0 Å². The van der Waals surface area contributed by atoms with Crippen LogP contribution in [0.15, 0.2) is 0 Å². The first-order valence-corrected chi connectivity index (χ1v) is 9.81. The van der Waals surface area contributed by atoms with Gasteiger partial charge in [0.2, 0.25) is 0 Å². The highest BCUT2D eigenvalue weighted by atomic mass is 16.2. The maximum absolute atomic E-state index is 12.9. The Balaban J connectivity index is 1.71. The van der Waals surface area contributed by atoms with E-state index < -0.39 is 0 Å². The van der Waals surface area contributed by atoms with E-state index in [-0.39, 0.29) is 17.4 Å². The largest absolute Gasteiger partial charge is 0.348 e. The summed E-state index contributed by atoms with van der Waals surface area (Å²) in [6.07, 6.45) is 6.79. The molecule has 0 bridgehead atoms. The standard InChI is InChI=1S/C19H33N5O/c1-13-17(22-23-24(13)14-9-11-20-12-10-14)18(25)21-16-8-6-5-7-15(16)19(2,3)4/h14-16,20H,5-12H2,1-4H3,(H,21,25). The minimum atomic E-state index is -0.0566. The molecule has 3 rings (SSSR count). The van der Waals surface area contributed by atoms with Crippen molar-refractivity contribution in [3.05, 3.63) is 11.4 Å². The predicted octanol–water partition coefficient (Wildman–Crippen LogP) is 2.85. The van der Waals surface area contributed by atoms with Gasteiger partial charge in [0.05, 0.1) is 11.7 Å². The molecule has 2 fully saturated rings. The molecule has 1 saturated carbocycles. The maximum atomic E-state index is 12.9. The molecular formula is C19H33N5O. The second-order valence-corrected chi connectivity index (χ2v) is 8.79. The Morgan fingerprint density at radius 1 is 1.16 bits per heavy atom. The Morgan fingerprint density at radius 2 is 1.84 bits per heavy atom. The summed E-state index contributed by atoms with van der Waals surface area (Å²) in [6.45, 7) is 10.8. The van der Waals surface area contributed by atoms with E-state index in [4.69, 9.17) is 0 Å². The van der Waals surface area contributed by atoms with Gasteiger partial charge < -0.3 is 10.6 Å². The average molecular weight is 348 g/mol. The number of hydrogen-bond acceptors (Lipinski definition) is 4. The molecule has 0 aromatic carbocycles. The molecule has 2 unspecified atom stereocenters.